The maximum atomic E-state index is 12.4. The highest BCUT2D eigenvalue weighted by Gasteiger charge is 2.32. The van der Waals surface area contributed by atoms with Gasteiger partial charge < -0.3 is 14.2 Å². The maximum Gasteiger partial charge on any atom is 0.225 e. The lowest BCUT2D eigenvalue weighted by atomic mass is 10.0. The van der Waals surface area contributed by atoms with Gasteiger partial charge in [0.2, 0.25) is 5.91 Å². The fourth-order valence-corrected chi connectivity index (χ4v) is 3.07. The first-order valence-electron chi connectivity index (χ1n) is 7.95. The van der Waals surface area contributed by atoms with Gasteiger partial charge in [-0.1, -0.05) is 0 Å². The van der Waals surface area contributed by atoms with Crippen LogP contribution in [-0.2, 0) is 16.1 Å². The van der Waals surface area contributed by atoms with Gasteiger partial charge in [-0.3, -0.25) is 4.79 Å². The number of piperidine rings is 1. The standard InChI is InChI=1S/C15H24N4O2/c1-21-9-7-14(20)19-8-3-2-4-13(19)15-17-16-11-18(15)10-12-5-6-12/h11-13H,2-10H2,1H3/t13-/m1/s1. The van der Waals surface area contributed by atoms with Crippen LogP contribution in [0.4, 0.5) is 0 Å². The zero-order valence-electron chi connectivity index (χ0n) is 12.7. The molecule has 0 aromatic carbocycles. The Hall–Kier alpha value is -1.43. The zero-order valence-corrected chi connectivity index (χ0v) is 12.7. The van der Waals surface area contributed by atoms with Crippen molar-refractivity contribution in [3.05, 3.63) is 12.2 Å². The minimum atomic E-state index is 0.0874. The van der Waals surface area contributed by atoms with Crippen molar-refractivity contribution in [2.24, 2.45) is 5.92 Å². The Balaban J connectivity index is 1.73. The van der Waals surface area contributed by atoms with E-state index in [9.17, 15) is 4.79 Å². The van der Waals surface area contributed by atoms with Crippen LogP contribution in [0.2, 0.25) is 0 Å². The highest BCUT2D eigenvalue weighted by atomic mass is 16.5. The summed E-state index contributed by atoms with van der Waals surface area (Å²) in [7, 11) is 1.63. The molecule has 6 heteroatoms. The molecule has 0 N–H and O–H groups in total. The molecule has 1 saturated carbocycles. The first-order valence-corrected chi connectivity index (χ1v) is 7.95. The normalized spacial score (nSPS) is 22.5. The summed E-state index contributed by atoms with van der Waals surface area (Å²) in [5, 5.41) is 8.41. The summed E-state index contributed by atoms with van der Waals surface area (Å²) in [6, 6.07) is 0.0874. The van der Waals surface area contributed by atoms with Crippen molar-refractivity contribution >= 4 is 5.91 Å². The highest BCUT2D eigenvalue weighted by molar-refractivity contribution is 5.76. The van der Waals surface area contributed by atoms with E-state index in [2.05, 4.69) is 14.8 Å². The third-order valence-electron chi connectivity index (χ3n) is 4.44. The number of rotatable bonds is 6. The van der Waals surface area contributed by atoms with Crippen molar-refractivity contribution in [1.29, 1.82) is 0 Å². The monoisotopic (exact) mass is 292 g/mol. The van der Waals surface area contributed by atoms with Gasteiger partial charge in [-0.05, 0) is 38.0 Å². The van der Waals surface area contributed by atoms with E-state index in [1.54, 1.807) is 7.11 Å². The average molecular weight is 292 g/mol. The number of hydrogen-bond donors (Lipinski definition) is 0. The van der Waals surface area contributed by atoms with Crippen LogP contribution in [0.25, 0.3) is 0 Å². The Kier molecular flexibility index (Phi) is 4.53. The molecule has 1 aliphatic carbocycles. The van der Waals surface area contributed by atoms with Gasteiger partial charge in [0.25, 0.3) is 0 Å². The number of hydrogen-bond acceptors (Lipinski definition) is 4. The molecule has 0 radical (unpaired) electrons. The van der Waals surface area contributed by atoms with Crippen molar-refractivity contribution < 1.29 is 9.53 Å². The van der Waals surface area contributed by atoms with E-state index in [4.69, 9.17) is 4.74 Å². The lowest BCUT2D eigenvalue weighted by Gasteiger charge is -2.35. The smallest absolute Gasteiger partial charge is 0.225 e. The summed E-state index contributed by atoms with van der Waals surface area (Å²) in [6.45, 7) is 2.30. The van der Waals surface area contributed by atoms with Crippen LogP contribution in [0.1, 0.15) is 50.4 Å². The predicted octanol–water partition coefficient (Wildman–Crippen LogP) is 1.78. The summed E-state index contributed by atoms with van der Waals surface area (Å²) in [6.07, 6.45) is 8.09. The van der Waals surface area contributed by atoms with Gasteiger partial charge in [0.15, 0.2) is 5.82 Å². The summed E-state index contributed by atoms with van der Waals surface area (Å²) in [4.78, 5) is 14.4. The van der Waals surface area contributed by atoms with E-state index in [0.717, 1.165) is 44.1 Å². The molecule has 2 fully saturated rings. The van der Waals surface area contributed by atoms with E-state index in [0.29, 0.717) is 13.0 Å². The lowest BCUT2D eigenvalue weighted by molar-refractivity contribution is -0.136. The molecule has 1 saturated heterocycles. The first-order chi connectivity index (χ1) is 10.3. The molecule has 3 rings (SSSR count). The van der Waals surface area contributed by atoms with Crippen molar-refractivity contribution in [1.82, 2.24) is 19.7 Å². The molecule has 0 bridgehead atoms. The molecule has 1 aliphatic heterocycles. The Morgan fingerprint density at radius 2 is 2.24 bits per heavy atom. The van der Waals surface area contributed by atoms with Crippen LogP contribution in [0, 0.1) is 5.92 Å². The van der Waals surface area contributed by atoms with Crippen molar-refractivity contribution in [3.63, 3.8) is 0 Å². The molecule has 0 unspecified atom stereocenters. The molecule has 2 heterocycles. The number of ether oxygens (including phenoxy) is 1. The van der Waals surface area contributed by atoms with E-state index in [-0.39, 0.29) is 11.9 Å². The molecular weight excluding hydrogens is 268 g/mol. The minimum Gasteiger partial charge on any atom is -0.384 e. The van der Waals surface area contributed by atoms with E-state index in [1.807, 2.05) is 11.2 Å². The molecule has 21 heavy (non-hydrogen) atoms. The average Bonchev–Trinajstić information content (AvgIpc) is 3.21. The van der Waals surface area contributed by atoms with E-state index in [1.165, 1.54) is 12.8 Å². The maximum absolute atomic E-state index is 12.4. The summed E-state index contributed by atoms with van der Waals surface area (Å²) < 4.78 is 7.19. The quantitative estimate of drug-likeness (QED) is 0.802. The number of methoxy groups -OCH3 is 1. The van der Waals surface area contributed by atoms with Gasteiger partial charge >= 0.3 is 0 Å². The fraction of sp³-hybridized carbons (Fsp3) is 0.800. The van der Waals surface area contributed by atoms with E-state index >= 15 is 0 Å². The summed E-state index contributed by atoms with van der Waals surface area (Å²) >= 11 is 0. The van der Waals surface area contributed by atoms with Crippen LogP contribution in [0.5, 0.6) is 0 Å². The Morgan fingerprint density at radius 1 is 1.38 bits per heavy atom. The van der Waals surface area contributed by atoms with Crippen LogP contribution in [0.15, 0.2) is 6.33 Å². The Labute approximate surface area is 125 Å². The lowest BCUT2D eigenvalue weighted by Crippen LogP contribution is -2.40. The number of amides is 1. The van der Waals surface area contributed by atoms with Gasteiger partial charge in [0, 0.05) is 20.2 Å². The SMILES string of the molecule is COCCC(=O)N1CCCC[C@@H]1c1nncn1CC1CC1. The summed E-state index contributed by atoms with van der Waals surface area (Å²) in [5.41, 5.74) is 0. The first kappa shape index (κ1) is 14.5. The van der Waals surface area contributed by atoms with Gasteiger partial charge in [-0.15, -0.1) is 10.2 Å². The van der Waals surface area contributed by atoms with Crippen molar-refractivity contribution in [2.45, 2.75) is 51.1 Å². The molecule has 1 aromatic rings. The van der Waals surface area contributed by atoms with Gasteiger partial charge in [-0.2, -0.15) is 0 Å². The van der Waals surface area contributed by atoms with Crippen LogP contribution in [0.3, 0.4) is 0 Å². The molecule has 116 valence electrons. The number of carbonyl (C=O) groups is 1. The number of nitrogens with zero attached hydrogens (tertiary/aromatic N) is 4. The second-order valence-corrected chi connectivity index (χ2v) is 6.13. The van der Waals surface area contributed by atoms with Crippen molar-refractivity contribution in [3.8, 4) is 0 Å². The third-order valence-corrected chi connectivity index (χ3v) is 4.44. The number of carbonyl (C=O) groups excluding carboxylic acids is 1. The van der Waals surface area contributed by atoms with Crippen LogP contribution in [-0.4, -0.2) is 45.8 Å². The second kappa shape index (κ2) is 6.56. The molecule has 6 nitrogen and oxygen atoms in total. The van der Waals surface area contributed by atoms with Gasteiger partial charge in [0.1, 0.15) is 6.33 Å². The number of aromatic nitrogens is 3. The molecule has 2 aliphatic rings. The zero-order chi connectivity index (χ0) is 14.7. The topological polar surface area (TPSA) is 60.2 Å². The number of likely N-dealkylation sites (tertiary alicyclic amines) is 1. The molecule has 1 atom stereocenters. The molecule has 1 amide bonds. The molecule has 1 aromatic heterocycles. The van der Waals surface area contributed by atoms with Crippen LogP contribution < -0.4 is 0 Å². The summed E-state index contributed by atoms with van der Waals surface area (Å²) in [5.74, 6) is 1.91. The Bertz CT molecular complexity index is 484. The molecule has 0 spiro atoms. The highest BCUT2D eigenvalue weighted by Crippen LogP contribution is 2.34. The van der Waals surface area contributed by atoms with Gasteiger partial charge in [-0.25, -0.2) is 0 Å². The second-order valence-electron chi connectivity index (χ2n) is 6.13. The third kappa shape index (κ3) is 3.43. The largest absolute Gasteiger partial charge is 0.384 e. The molecular formula is C15H24N4O2. The minimum absolute atomic E-state index is 0.0874. The Morgan fingerprint density at radius 3 is 3.00 bits per heavy atom. The van der Waals surface area contributed by atoms with E-state index < -0.39 is 0 Å². The van der Waals surface area contributed by atoms with Crippen LogP contribution >= 0.6 is 0 Å². The van der Waals surface area contributed by atoms with Crippen molar-refractivity contribution in [2.75, 3.05) is 20.3 Å². The predicted molar refractivity (Wildman–Crippen MR) is 77.5 cm³/mol. The fourth-order valence-electron chi connectivity index (χ4n) is 3.07. The van der Waals surface area contributed by atoms with Gasteiger partial charge in [0.05, 0.1) is 19.1 Å².